The van der Waals surface area contributed by atoms with Crippen molar-refractivity contribution in [3.63, 3.8) is 0 Å². The number of nitrogens with one attached hydrogen (secondary N) is 1. The number of hydrogen-bond donors (Lipinski definition) is 1. The Kier molecular flexibility index (Phi) is 7.80. The van der Waals surface area contributed by atoms with Gasteiger partial charge < -0.3 is 10.1 Å². The summed E-state index contributed by atoms with van der Waals surface area (Å²) in [6.45, 7) is 1.82. The molecule has 2 saturated heterocycles. The molecule has 2 heterocycles. The van der Waals surface area contributed by atoms with E-state index in [1.54, 1.807) is 36.4 Å². The van der Waals surface area contributed by atoms with E-state index in [2.05, 4.69) is 5.32 Å². The van der Waals surface area contributed by atoms with Crippen molar-refractivity contribution < 1.29 is 26.4 Å². The number of rotatable bonds is 8. The molecule has 0 saturated carbocycles. The molecule has 0 bridgehead atoms. The first kappa shape index (κ1) is 25.6. The van der Waals surface area contributed by atoms with E-state index >= 15 is 0 Å². The minimum absolute atomic E-state index is 0.118. The van der Waals surface area contributed by atoms with Crippen LogP contribution < -0.4 is 10.1 Å². The molecule has 0 aliphatic carbocycles. The molecular weight excluding hydrogens is 490 g/mol. The van der Waals surface area contributed by atoms with Crippen LogP contribution in [0.5, 0.6) is 5.75 Å². The predicted octanol–water partition coefficient (Wildman–Crippen LogP) is 2.20. The van der Waals surface area contributed by atoms with Gasteiger partial charge in [0.1, 0.15) is 5.75 Å². The summed E-state index contributed by atoms with van der Waals surface area (Å²) in [5, 5.41) is 2.87. The molecule has 0 radical (unpaired) electrons. The maximum absolute atomic E-state index is 13.0. The van der Waals surface area contributed by atoms with Crippen LogP contribution in [0.25, 0.3) is 0 Å². The van der Waals surface area contributed by atoms with Crippen LogP contribution in [-0.2, 0) is 31.4 Å². The van der Waals surface area contributed by atoms with Crippen LogP contribution in [0.4, 0.5) is 0 Å². The van der Waals surface area contributed by atoms with Gasteiger partial charge in [0.05, 0.1) is 22.8 Å². The Bertz CT molecular complexity index is 1240. The SMILES string of the molecule is COc1ccc(S(=O)(=O)N2CCCC(C(=O)NCc3ccc(S(=O)(=O)N4CCCC4)cc3)C2)cc1. The predicted molar refractivity (Wildman–Crippen MR) is 131 cm³/mol. The first-order chi connectivity index (χ1) is 16.7. The summed E-state index contributed by atoms with van der Waals surface area (Å²) in [6, 6.07) is 12.7. The van der Waals surface area contributed by atoms with Gasteiger partial charge >= 0.3 is 0 Å². The van der Waals surface area contributed by atoms with Gasteiger partial charge in [-0.25, -0.2) is 16.8 Å². The molecule has 190 valence electrons. The van der Waals surface area contributed by atoms with E-state index in [1.165, 1.54) is 27.9 Å². The molecular formula is C24H31N3O6S2. The summed E-state index contributed by atoms with van der Waals surface area (Å²) in [7, 11) is -5.67. The molecule has 9 nitrogen and oxygen atoms in total. The van der Waals surface area contributed by atoms with E-state index in [0.29, 0.717) is 38.2 Å². The second-order valence-corrected chi connectivity index (χ2v) is 12.7. The van der Waals surface area contributed by atoms with Gasteiger partial charge in [-0.2, -0.15) is 8.61 Å². The summed E-state index contributed by atoms with van der Waals surface area (Å²) in [5.41, 5.74) is 0.775. The molecule has 2 aliphatic heterocycles. The number of amides is 1. The number of sulfonamides is 2. The van der Waals surface area contributed by atoms with E-state index in [0.717, 1.165) is 18.4 Å². The highest BCUT2D eigenvalue weighted by molar-refractivity contribution is 7.89. The number of methoxy groups -OCH3 is 1. The maximum Gasteiger partial charge on any atom is 0.243 e. The quantitative estimate of drug-likeness (QED) is 0.570. The Hall–Kier alpha value is -2.47. The standard InChI is InChI=1S/C24H31N3O6S2/c1-33-21-8-12-23(13-9-21)35(31,32)27-16-4-5-20(18-27)24(28)25-17-19-6-10-22(11-7-19)34(29,30)26-14-2-3-15-26/h6-13,20H,2-5,14-18H2,1H3,(H,25,28). The lowest BCUT2D eigenvalue weighted by molar-refractivity contribution is -0.126. The van der Waals surface area contributed by atoms with Crippen LogP contribution in [0.2, 0.25) is 0 Å². The molecule has 2 aromatic carbocycles. The normalized spacial score (nSPS) is 20.0. The van der Waals surface area contributed by atoms with Gasteiger partial charge in [-0.1, -0.05) is 12.1 Å². The van der Waals surface area contributed by atoms with Gasteiger partial charge in [-0.3, -0.25) is 4.79 Å². The second kappa shape index (κ2) is 10.7. The van der Waals surface area contributed by atoms with Gasteiger partial charge in [0.15, 0.2) is 0 Å². The number of nitrogens with zero attached hydrogens (tertiary/aromatic N) is 2. The van der Waals surface area contributed by atoms with Gasteiger partial charge in [0, 0.05) is 32.7 Å². The third kappa shape index (κ3) is 5.69. The summed E-state index contributed by atoms with van der Waals surface area (Å²) in [6.07, 6.45) is 2.96. The fraction of sp³-hybridized carbons (Fsp3) is 0.458. The summed E-state index contributed by atoms with van der Waals surface area (Å²) in [4.78, 5) is 13.2. The van der Waals surface area contributed by atoms with Crippen LogP contribution in [0.15, 0.2) is 58.3 Å². The van der Waals surface area contributed by atoms with Crippen LogP contribution in [0.3, 0.4) is 0 Å². The molecule has 2 aliphatic rings. The molecule has 0 aromatic heterocycles. The highest BCUT2D eigenvalue weighted by Gasteiger charge is 2.33. The zero-order valence-electron chi connectivity index (χ0n) is 19.7. The van der Waals surface area contributed by atoms with Crippen molar-refractivity contribution in [2.75, 3.05) is 33.3 Å². The highest BCUT2D eigenvalue weighted by atomic mass is 32.2. The van der Waals surface area contributed by atoms with Crippen LogP contribution >= 0.6 is 0 Å². The molecule has 1 amide bonds. The minimum Gasteiger partial charge on any atom is -0.497 e. The first-order valence-electron chi connectivity index (χ1n) is 11.7. The van der Waals surface area contributed by atoms with Crippen LogP contribution in [0, 0.1) is 5.92 Å². The first-order valence-corrected chi connectivity index (χ1v) is 14.6. The summed E-state index contributed by atoms with van der Waals surface area (Å²) < 4.78 is 59.4. The molecule has 1 unspecified atom stereocenters. The molecule has 0 spiro atoms. The molecule has 1 N–H and O–H groups in total. The van der Waals surface area contributed by atoms with E-state index < -0.39 is 26.0 Å². The fourth-order valence-electron chi connectivity index (χ4n) is 4.46. The zero-order valence-corrected chi connectivity index (χ0v) is 21.4. The van der Waals surface area contributed by atoms with E-state index in [9.17, 15) is 21.6 Å². The van der Waals surface area contributed by atoms with Crippen molar-refractivity contribution in [1.82, 2.24) is 13.9 Å². The average molecular weight is 522 g/mol. The smallest absolute Gasteiger partial charge is 0.243 e. The third-order valence-corrected chi connectivity index (χ3v) is 10.3. The number of ether oxygens (including phenoxy) is 1. The van der Waals surface area contributed by atoms with Crippen molar-refractivity contribution in [1.29, 1.82) is 0 Å². The number of hydrogen-bond acceptors (Lipinski definition) is 6. The van der Waals surface area contributed by atoms with Crippen LogP contribution in [-0.4, -0.2) is 64.6 Å². The largest absolute Gasteiger partial charge is 0.497 e. The number of carbonyl (C=O) groups is 1. The van der Waals surface area contributed by atoms with Crippen molar-refractivity contribution in [3.05, 3.63) is 54.1 Å². The monoisotopic (exact) mass is 521 g/mol. The van der Waals surface area contributed by atoms with Gasteiger partial charge in [-0.05, 0) is 67.6 Å². The molecule has 35 heavy (non-hydrogen) atoms. The molecule has 2 fully saturated rings. The molecule has 11 heteroatoms. The van der Waals surface area contributed by atoms with Gasteiger partial charge in [0.2, 0.25) is 26.0 Å². The number of benzene rings is 2. The molecule has 4 rings (SSSR count). The van der Waals surface area contributed by atoms with E-state index in [-0.39, 0.29) is 28.8 Å². The number of carbonyl (C=O) groups excluding carboxylic acids is 1. The maximum atomic E-state index is 13.0. The minimum atomic E-state index is -3.71. The van der Waals surface area contributed by atoms with Crippen molar-refractivity contribution in [3.8, 4) is 5.75 Å². The van der Waals surface area contributed by atoms with Crippen LogP contribution in [0.1, 0.15) is 31.2 Å². The average Bonchev–Trinajstić information content (AvgIpc) is 3.44. The van der Waals surface area contributed by atoms with Gasteiger partial charge in [-0.15, -0.1) is 0 Å². The molecule has 2 aromatic rings. The number of piperidine rings is 1. The summed E-state index contributed by atoms with van der Waals surface area (Å²) >= 11 is 0. The lowest BCUT2D eigenvalue weighted by Crippen LogP contribution is -2.45. The van der Waals surface area contributed by atoms with E-state index in [4.69, 9.17) is 4.74 Å². The fourth-order valence-corrected chi connectivity index (χ4v) is 7.50. The topological polar surface area (TPSA) is 113 Å². The lowest BCUT2D eigenvalue weighted by atomic mass is 9.99. The Morgan fingerprint density at radius 3 is 2.00 bits per heavy atom. The lowest BCUT2D eigenvalue weighted by Gasteiger charge is -2.31. The Morgan fingerprint density at radius 2 is 1.40 bits per heavy atom. The van der Waals surface area contributed by atoms with Gasteiger partial charge in [0.25, 0.3) is 0 Å². The van der Waals surface area contributed by atoms with Crippen molar-refractivity contribution >= 4 is 26.0 Å². The summed E-state index contributed by atoms with van der Waals surface area (Å²) in [5.74, 6) is -0.0958. The van der Waals surface area contributed by atoms with E-state index in [1.807, 2.05) is 0 Å². The Labute approximate surface area is 207 Å². The van der Waals surface area contributed by atoms with Crippen molar-refractivity contribution in [2.24, 2.45) is 5.92 Å². The van der Waals surface area contributed by atoms with Crippen molar-refractivity contribution in [2.45, 2.75) is 42.0 Å². The second-order valence-electron chi connectivity index (χ2n) is 8.85. The molecule has 1 atom stereocenters. The Balaban J connectivity index is 1.35. The highest BCUT2D eigenvalue weighted by Crippen LogP contribution is 2.26. The zero-order chi connectivity index (χ0) is 25.1. The third-order valence-electron chi connectivity index (χ3n) is 6.55. The Morgan fingerprint density at radius 1 is 0.857 bits per heavy atom.